The molecule has 84 valence electrons. The molecule has 0 radical (unpaired) electrons. The normalized spacial score (nSPS) is 14.7. The second kappa shape index (κ2) is 5.12. The van der Waals surface area contributed by atoms with E-state index in [1.807, 2.05) is 19.9 Å². The van der Waals surface area contributed by atoms with E-state index in [9.17, 15) is 4.39 Å². The van der Waals surface area contributed by atoms with Crippen LogP contribution in [0.5, 0.6) is 5.75 Å². The summed E-state index contributed by atoms with van der Waals surface area (Å²) in [6.45, 7) is 4.04. The summed E-state index contributed by atoms with van der Waals surface area (Å²) >= 11 is 0. The fourth-order valence-corrected chi connectivity index (χ4v) is 1.57. The predicted molar refractivity (Wildman–Crippen MR) is 59.6 cm³/mol. The zero-order chi connectivity index (χ0) is 11.4. The standard InChI is InChI=1S/C12H18FNO/c1-4-11(14)8(2)9-5-6-12(15-3)10(13)7-9/h5-8,11H,4,14H2,1-3H3. The Bertz CT molecular complexity index is 327. The van der Waals surface area contributed by atoms with Crippen LogP contribution >= 0.6 is 0 Å². The molecular formula is C12H18FNO. The van der Waals surface area contributed by atoms with E-state index in [1.165, 1.54) is 13.2 Å². The molecule has 0 aliphatic carbocycles. The predicted octanol–water partition coefficient (Wildman–Crippen LogP) is 2.68. The monoisotopic (exact) mass is 211 g/mol. The van der Waals surface area contributed by atoms with Gasteiger partial charge in [0, 0.05) is 6.04 Å². The third kappa shape index (κ3) is 2.69. The molecule has 0 saturated carbocycles. The molecule has 0 aliphatic rings. The molecule has 3 heteroatoms. The Balaban J connectivity index is 2.92. The molecule has 15 heavy (non-hydrogen) atoms. The first kappa shape index (κ1) is 12.0. The van der Waals surface area contributed by atoms with Gasteiger partial charge in [-0.15, -0.1) is 0 Å². The van der Waals surface area contributed by atoms with Crippen molar-refractivity contribution in [1.82, 2.24) is 0 Å². The third-order valence-corrected chi connectivity index (χ3v) is 2.82. The highest BCUT2D eigenvalue weighted by molar-refractivity contribution is 5.31. The fourth-order valence-electron chi connectivity index (χ4n) is 1.57. The first-order valence-corrected chi connectivity index (χ1v) is 5.19. The molecule has 2 nitrogen and oxygen atoms in total. The van der Waals surface area contributed by atoms with Crippen LogP contribution in [0.4, 0.5) is 4.39 Å². The number of hydrogen-bond donors (Lipinski definition) is 1. The van der Waals surface area contributed by atoms with Crippen LogP contribution < -0.4 is 10.5 Å². The Hall–Kier alpha value is -1.09. The van der Waals surface area contributed by atoms with Gasteiger partial charge in [-0.2, -0.15) is 0 Å². The number of hydrogen-bond acceptors (Lipinski definition) is 2. The number of rotatable bonds is 4. The molecule has 0 bridgehead atoms. The molecule has 2 unspecified atom stereocenters. The molecule has 1 rings (SSSR count). The van der Waals surface area contributed by atoms with Crippen molar-refractivity contribution in [1.29, 1.82) is 0 Å². The first-order valence-electron chi connectivity index (χ1n) is 5.19. The second-order valence-electron chi connectivity index (χ2n) is 3.75. The minimum atomic E-state index is -0.329. The van der Waals surface area contributed by atoms with E-state index >= 15 is 0 Å². The molecule has 0 heterocycles. The molecule has 0 fully saturated rings. The van der Waals surface area contributed by atoms with Gasteiger partial charge in [0.2, 0.25) is 0 Å². The maximum atomic E-state index is 13.4. The molecule has 1 aromatic carbocycles. The number of nitrogens with two attached hydrogens (primary N) is 1. The lowest BCUT2D eigenvalue weighted by Crippen LogP contribution is -2.25. The highest BCUT2D eigenvalue weighted by atomic mass is 19.1. The molecule has 1 aromatic rings. The second-order valence-corrected chi connectivity index (χ2v) is 3.75. The van der Waals surface area contributed by atoms with Gasteiger partial charge < -0.3 is 10.5 Å². The summed E-state index contributed by atoms with van der Waals surface area (Å²) in [5.74, 6) is 0.108. The number of methoxy groups -OCH3 is 1. The van der Waals surface area contributed by atoms with Gasteiger partial charge in [-0.3, -0.25) is 0 Å². The Labute approximate surface area is 90.2 Å². The quantitative estimate of drug-likeness (QED) is 0.831. The van der Waals surface area contributed by atoms with Crippen LogP contribution in [-0.4, -0.2) is 13.2 Å². The van der Waals surface area contributed by atoms with Crippen molar-refractivity contribution in [3.63, 3.8) is 0 Å². The van der Waals surface area contributed by atoms with E-state index < -0.39 is 0 Å². The summed E-state index contributed by atoms with van der Waals surface area (Å²) in [5, 5.41) is 0. The molecule has 2 atom stereocenters. The lowest BCUT2D eigenvalue weighted by molar-refractivity contribution is 0.385. The van der Waals surface area contributed by atoms with Crippen molar-refractivity contribution in [2.75, 3.05) is 7.11 Å². The van der Waals surface area contributed by atoms with Crippen LogP contribution in [0, 0.1) is 5.82 Å². The number of ether oxygens (including phenoxy) is 1. The Morgan fingerprint density at radius 1 is 1.47 bits per heavy atom. The average molecular weight is 211 g/mol. The Morgan fingerprint density at radius 3 is 2.60 bits per heavy atom. The van der Waals surface area contributed by atoms with Crippen LogP contribution in [0.25, 0.3) is 0 Å². The minimum absolute atomic E-state index is 0.0674. The molecule has 2 N–H and O–H groups in total. The lowest BCUT2D eigenvalue weighted by Gasteiger charge is -2.19. The van der Waals surface area contributed by atoms with Crippen LogP contribution in [0.2, 0.25) is 0 Å². The molecular weight excluding hydrogens is 193 g/mol. The zero-order valence-electron chi connectivity index (χ0n) is 9.46. The first-order chi connectivity index (χ1) is 7.10. The maximum absolute atomic E-state index is 13.4. The highest BCUT2D eigenvalue weighted by Gasteiger charge is 2.14. The molecule has 0 amide bonds. The Morgan fingerprint density at radius 2 is 2.13 bits per heavy atom. The van der Waals surface area contributed by atoms with Crippen LogP contribution in [0.3, 0.4) is 0 Å². The molecule has 0 aromatic heterocycles. The van der Waals surface area contributed by atoms with Gasteiger partial charge in [0.05, 0.1) is 7.11 Å². The smallest absolute Gasteiger partial charge is 0.165 e. The molecule has 0 saturated heterocycles. The van der Waals surface area contributed by atoms with Gasteiger partial charge in [-0.25, -0.2) is 4.39 Å². The lowest BCUT2D eigenvalue weighted by atomic mass is 9.92. The van der Waals surface area contributed by atoms with Gasteiger partial charge in [0.25, 0.3) is 0 Å². The van der Waals surface area contributed by atoms with E-state index in [0.29, 0.717) is 0 Å². The van der Waals surface area contributed by atoms with Crippen molar-refractivity contribution < 1.29 is 9.13 Å². The Kier molecular flexibility index (Phi) is 4.09. The van der Waals surface area contributed by atoms with Crippen molar-refractivity contribution in [2.24, 2.45) is 5.73 Å². The van der Waals surface area contributed by atoms with Crippen molar-refractivity contribution >= 4 is 0 Å². The van der Waals surface area contributed by atoms with Crippen LogP contribution in [0.1, 0.15) is 31.7 Å². The SMILES string of the molecule is CCC(N)C(C)c1ccc(OC)c(F)c1. The maximum Gasteiger partial charge on any atom is 0.165 e. The van der Waals surface area contributed by atoms with E-state index in [4.69, 9.17) is 10.5 Å². The van der Waals surface area contributed by atoms with Gasteiger partial charge in [0.15, 0.2) is 11.6 Å². The molecule has 0 spiro atoms. The fraction of sp³-hybridized carbons (Fsp3) is 0.500. The van der Waals surface area contributed by atoms with Gasteiger partial charge in [0.1, 0.15) is 0 Å². The van der Waals surface area contributed by atoms with Gasteiger partial charge >= 0.3 is 0 Å². The highest BCUT2D eigenvalue weighted by Crippen LogP contribution is 2.25. The van der Waals surface area contributed by atoms with Crippen molar-refractivity contribution in [3.8, 4) is 5.75 Å². The van der Waals surface area contributed by atoms with Crippen molar-refractivity contribution in [2.45, 2.75) is 32.2 Å². The van der Waals surface area contributed by atoms with Gasteiger partial charge in [-0.05, 0) is 30.0 Å². The summed E-state index contributed by atoms with van der Waals surface area (Å²) in [6.07, 6.45) is 0.884. The van der Waals surface area contributed by atoms with E-state index in [-0.39, 0.29) is 23.5 Å². The van der Waals surface area contributed by atoms with E-state index in [1.54, 1.807) is 6.07 Å². The average Bonchev–Trinajstić information content (AvgIpc) is 2.26. The zero-order valence-corrected chi connectivity index (χ0v) is 9.46. The molecule has 0 aliphatic heterocycles. The van der Waals surface area contributed by atoms with Crippen molar-refractivity contribution in [3.05, 3.63) is 29.6 Å². The topological polar surface area (TPSA) is 35.2 Å². The minimum Gasteiger partial charge on any atom is -0.494 e. The summed E-state index contributed by atoms with van der Waals surface area (Å²) in [5.41, 5.74) is 6.83. The number of benzene rings is 1. The summed E-state index contributed by atoms with van der Waals surface area (Å²) in [6, 6.07) is 5.07. The van der Waals surface area contributed by atoms with Crippen LogP contribution in [0.15, 0.2) is 18.2 Å². The summed E-state index contributed by atoms with van der Waals surface area (Å²) in [7, 11) is 1.46. The summed E-state index contributed by atoms with van der Waals surface area (Å²) in [4.78, 5) is 0. The number of halogens is 1. The van der Waals surface area contributed by atoms with E-state index in [2.05, 4.69) is 0 Å². The third-order valence-electron chi connectivity index (χ3n) is 2.82. The van der Waals surface area contributed by atoms with Gasteiger partial charge in [-0.1, -0.05) is 19.9 Å². The van der Waals surface area contributed by atoms with E-state index in [0.717, 1.165) is 12.0 Å². The summed E-state index contributed by atoms with van der Waals surface area (Å²) < 4.78 is 18.3. The largest absolute Gasteiger partial charge is 0.494 e. The van der Waals surface area contributed by atoms with Crippen LogP contribution in [-0.2, 0) is 0 Å².